The zero-order valence-electron chi connectivity index (χ0n) is 19.1. The number of rotatable bonds is 9. The summed E-state index contributed by atoms with van der Waals surface area (Å²) in [6.07, 6.45) is 2.54. The molecule has 1 fully saturated rings. The molecule has 0 atom stereocenters. The lowest BCUT2D eigenvalue weighted by Crippen LogP contribution is -2.26. The molecular formula is C25H26N6O3S. The number of aromatic nitrogens is 2. The zero-order chi connectivity index (χ0) is 24.4. The van der Waals surface area contributed by atoms with E-state index in [0.717, 1.165) is 29.0 Å². The minimum Gasteiger partial charge on any atom is -0.338 e. The van der Waals surface area contributed by atoms with Gasteiger partial charge in [0, 0.05) is 42.1 Å². The Morgan fingerprint density at radius 3 is 2.40 bits per heavy atom. The number of nitrogens with one attached hydrogen (secondary N) is 5. The van der Waals surface area contributed by atoms with Crippen LogP contribution >= 0.6 is 0 Å². The Bertz CT molecular complexity index is 1460. The summed E-state index contributed by atoms with van der Waals surface area (Å²) in [6.45, 7) is 0.877. The van der Waals surface area contributed by atoms with Crippen molar-refractivity contribution in [1.82, 2.24) is 20.0 Å². The predicted molar refractivity (Wildman–Crippen MR) is 137 cm³/mol. The van der Waals surface area contributed by atoms with Gasteiger partial charge in [-0.05, 0) is 60.9 Å². The zero-order valence-corrected chi connectivity index (χ0v) is 19.9. The third-order valence-corrected chi connectivity index (χ3v) is 6.85. The van der Waals surface area contributed by atoms with Gasteiger partial charge in [0.25, 0.3) is 16.1 Å². The van der Waals surface area contributed by atoms with E-state index in [1.807, 2.05) is 12.1 Å². The van der Waals surface area contributed by atoms with Gasteiger partial charge in [-0.2, -0.15) is 8.42 Å². The maximum absolute atomic E-state index is 12.7. The molecule has 4 aromatic rings. The normalized spacial score (nSPS) is 13.6. The molecule has 9 nitrogen and oxygen atoms in total. The number of hydrogen-bond donors (Lipinski definition) is 5. The topological polar surface area (TPSA) is 128 Å². The third kappa shape index (κ3) is 5.68. The fourth-order valence-electron chi connectivity index (χ4n) is 3.65. The van der Waals surface area contributed by atoms with Gasteiger partial charge in [0.2, 0.25) is 0 Å². The summed E-state index contributed by atoms with van der Waals surface area (Å²) in [6, 6.07) is 20.7. The summed E-state index contributed by atoms with van der Waals surface area (Å²) in [5.41, 5.74) is 5.24. The molecular weight excluding hydrogens is 464 g/mol. The summed E-state index contributed by atoms with van der Waals surface area (Å²) in [7, 11) is -2.30. The van der Waals surface area contributed by atoms with Gasteiger partial charge in [0.1, 0.15) is 5.82 Å². The Morgan fingerprint density at radius 2 is 1.71 bits per heavy atom. The largest absolute Gasteiger partial charge is 0.338 e. The second kappa shape index (κ2) is 9.49. The number of benzene rings is 3. The lowest BCUT2D eigenvalue weighted by atomic mass is 10.1. The molecule has 0 bridgehead atoms. The summed E-state index contributed by atoms with van der Waals surface area (Å²) in [5.74, 6) is 0.465. The quantitative estimate of drug-likeness (QED) is 0.245. The number of carbonyl (C=O) groups excluding carboxylic acids is 1. The number of H-pyrrole nitrogens is 1. The van der Waals surface area contributed by atoms with Gasteiger partial charge < -0.3 is 15.6 Å². The monoisotopic (exact) mass is 490 g/mol. The van der Waals surface area contributed by atoms with Gasteiger partial charge in [0.05, 0.1) is 11.0 Å². The Kier molecular flexibility index (Phi) is 6.25. The number of carbonyl (C=O) groups is 1. The molecule has 1 aliphatic carbocycles. The average Bonchev–Trinajstić information content (AvgIpc) is 3.60. The van der Waals surface area contributed by atoms with Crippen LogP contribution in [0.4, 0.5) is 11.4 Å². The van der Waals surface area contributed by atoms with E-state index in [1.165, 1.54) is 37.6 Å². The number of fused-ring (bicyclic) bond motifs is 1. The Hall–Kier alpha value is -3.73. The molecule has 35 heavy (non-hydrogen) atoms. The first-order valence-electron chi connectivity index (χ1n) is 11.3. The van der Waals surface area contributed by atoms with Crippen molar-refractivity contribution in [1.29, 1.82) is 0 Å². The second-order valence-corrected chi connectivity index (χ2v) is 10.1. The first-order chi connectivity index (χ1) is 16.9. The smallest absolute Gasteiger partial charge is 0.298 e. The van der Waals surface area contributed by atoms with Crippen molar-refractivity contribution in [2.45, 2.75) is 25.4 Å². The Morgan fingerprint density at radius 1 is 1.00 bits per heavy atom. The molecule has 5 rings (SSSR count). The van der Waals surface area contributed by atoms with E-state index in [1.54, 1.807) is 18.2 Å². The molecule has 180 valence electrons. The van der Waals surface area contributed by atoms with Crippen LogP contribution < -0.4 is 20.1 Å². The molecule has 1 aliphatic rings. The van der Waals surface area contributed by atoms with Crippen LogP contribution in [0.15, 0.2) is 66.7 Å². The number of imidazole rings is 1. The van der Waals surface area contributed by atoms with Crippen LogP contribution in [0.2, 0.25) is 0 Å². The van der Waals surface area contributed by atoms with Gasteiger partial charge in [0.15, 0.2) is 0 Å². The molecule has 10 heteroatoms. The Labute approximate surface area is 203 Å². The van der Waals surface area contributed by atoms with Crippen LogP contribution in [-0.2, 0) is 16.8 Å². The number of nitrogens with zero attached hydrogens (tertiary/aromatic N) is 1. The molecule has 0 aliphatic heterocycles. The van der Waals surface area contributed by atoms with Crippen LogP contribution in [0, 0.1) is 0 Å². The van der Waals surface area contributed by atoms with Crippen molar-refractivity contribution >= 4 is 38.5 Å². The minimum atomic E-state index is -3.61. The molecule has 3 aromatic carbocycles. The maximum atomic E-state index is 12.7. The van der Waals surface area contributed by atoms with E-state index in [-0.39, 0.29) is 5.91 Å². The van der Waals surface area contributed by atoms with Gasteiger partial charge in [-0.3, -0.25) is 9.52 Å². The number of aromatic amines is 1. The first kappa shape index (κ1) is 23.0. The number of amides is 1. The lowest BCUT2D eigenvalue weighted by Gasteiger charge is -2.08. The van der Waals surface area contributed by atoms with E-state index >= 15 is 0 Å². The SMILES string of the molecule is CNS(=O)(=O)Nc1ccc(C(=O)Nc2ccc3nc(-c4ccc(CNC5CC5)cc4)[nH]c3c2)cc1. The van der Waals surface area contributed by atoms with Crippen molar-refractivity contribution in [2.75, 3.05) is 17.1 Å². The maximum Gasteiger partial charge on any atom is 0.298 e. The third-order valence-electron chi connectivity index (χ3n) is 5.81. The van der Waals surface area contributed by atoms with Gasteiger partial charge in [-0.1, -0.05) is 24.3 Å². The molecule has 1 heterocycles. The fraction of sp³-hybridized carbons (Fsp3) is 0.200. The fourth-order valence-corrected chi connectivity index (χ4v) is 4.20. The average molecular weight is 491 g/mol. The molecule has 0 spiro atoms. The summed E-state index contributed by atoms with van der Waals surface area (Å²) >= 11 is 0. The van der Waals surface area contributed by atoms with Crippen molar-refractivity contribution in [3.8, 4) is 11.4 Å². The predicted octanol–water partition coefficient (Wildman–Crippen LogP) is 3.61. The van der Waals surface area contributed by atoms with E-state index in [9.17, 15) is 13.2 Å². The summed E-state index contributed by atoms with van der Waals surface area (Å²) in [4.78, 5) is 20.7. The minimum absolute atomic E-state index is 0.303. The number of anilines is 2. The van der Waals surface area contributed by atoms with Gasteiger partial charge in [-0.15, -0.1) is 0 Å². The van der Waals surface area contributed by atoms with Crippen LogP contribution in [-0.4, -0.2) is 37.4 Å². The van der Waals surface area contributed by atoms with E-state index in [2.05, 4.69) is 54.3 Å². The molecule has 5 N–H and O–H groups in total. The van der Waals surface area contributed by atoms with Crippen molar-refractivity contribution < 1.29 is 13.2 Å². The van der Waals surface area contributed by atoms with Crippen LogP contribution in [0.5, 0.6) is 0 Å². The van der Waals surface area contributed by atoms with Crippen molar-refractivity contribution in [3.63, 3.8) is 0 Å². The molecule has 1 amide bonds. The van der Waals surface area contributed by atoms with E-state index < -0.39 is 10.2 Å². The summed E-state index contributed by atoms with van der Waals surface area (Å²) < 4.78 is 27.7. The van der Waals surface area contributed by atoms with Crippen LogP contribution in [0.3, 0.4) is 0 Å². The number of hydrogen-bond acceptors (Lipinski definition) is 5. The van der Waals surface area contributed by atoms with Gasteiger partial charge >= 0.3 is 0 Å². The highest BCUT2D eigenvalue weighted by Gasteiger charge is 2.19. The van der Waals surface area contributed by atoms with Crippen LogP contribution in [0.25, 0.3) is 22.4 Å². The molecule has 0 saturated heterocycles. The molecule has 1 saturated carbocycles. The van der Waals surface area contributed by atoms with Crippen LogP contribution in [0.1, 0.15) is 28.8 Å². The molecule has 0 radical (unpaired) electrons. The second-order valence-electron chi connectivity index (χ2n) is 8.51. The highest BCUT2D eigenvalue weighted by molar-refractivity contribution is 7.90. The van der Waals surface area contributed by atoms with Crippen molar-refractivity contribution in [3.05, 3.63) is 77.9 Å². The lowest BCUT2D eigenvalue weighted by molar-refractivity contribution is 0.102. The highest BCUT2D eigenvalue weighted by atomic mass is 32.2. The highest BCUT2D eigenvalue weighted by Crippen LogP contribution is 2.24. The standard InChI is InChI=1S/C25H26N6O3S/c1-26-35(33,34)31-20-8-6-18(7-9-20)25(32)28-21-12-13-22-23(14-21)30-24(29-22)17-4-2-16(3-5-17)15-27-19-10-11-19/h2-9,12-14,19,26-27,31H,10-11,15H2,1H3,(H,28,32)(H,29,30). The molecule has 0 unspecified atom stereocenters. The Balaban J connectivity index is 1.26. The van der Waals surface area contributed by atoms with E-state index in [4.69, 9.17) is 0 Å². The van der Waals surface area contributed by atoms with Crippen molar-refractivity contribution in [2.24, 2.45) is 0 Å². The van der Waals surface area contributed by atoms with E-state index in [0.29, 0.717) is 23.0 Å². The first-order valence-corrected chi connectivity index (χ1v) is 12.8. The van der Waals surface area contributed by atoms with Gasteiger partial charge in [-0.25, -0.2) is 9.71 Å². The molecule has 1 aromatic heterocycles. The summed E-state index contributed by atoms with van der Waals surface area (Å²) in [5, 5.41) is 6.38.